The Morgan fingerprint density at radius 3 is 3.31 bits per heavy atom. The first-order chi connectivity index (χ1) is 6.25. The number of halogens is 1. The SMILES string of the molecule is C=C(Cl)CN1CCc2sccc2C1. The predicted molar refractivity (Wildman–Crippen MR) is 58.3 cm³/mol. The number of thiophene rings is 1. The summed E-state index contributed by atoms with van der Waals surface area (Å²) in [6.45, 7) is 6.68. The second-order valence-electron chi connectivity index (χ2n) is 3.35. The zero-order valence-corrected chi connectivity index (χ0v) is 9.00. The van der Waals surface area contributed by atoms with Gasteiger partial charge in [-0.25, -0.2) is 0 Å². The monoisotopic (exact) mass is 213 g/mol. The average molecular weight is 214 g/mol. The minimum atomic E-state index is 0.735. The molecule has 0 amide bonds. The van der Waals surface area contributed by atoms with Gasteiger partial charge in [0.1, 0.15) is 0 Å². The third-order valence-electron chi connectivity index (χ3n) is 2.28. The van der Waals surface area contributed by atoms with E-state index >= 15 is 0 Å². The summed E-state index contributed by atoms with van der Waals surface area (Å²) >= 11 is 7.64. The van der Waals surface area contributed by atoms with Crippen molar-refractivity contribution in [1.29, 1.82) is 0 Å². The fraction of sp³-hybridized carbons (Fsp3) is 0.400. The maximum Gasteiger partial charge on any atom is 0.0339 e. The Bertz CT molecular complexity index is 318. The average Bonchev–Trinajstić information content (AvgIpc) is 2.49. The first-order valence-corrected chi connectivity index (χ1v) is 5.62. The lowest BCUT2D eigenvalue weighted by Crippen LogP contribution is -2.30. The van der Waals surface area contributed by atoms with Crippen molar-refractivity contribution in [2.45, 2.75) is 13.0 Å². The lowest BCUT2D eigenvalue weighted by atomic mass is 10.1. The lowest BCUT2D eigenvalue weighted by molar-refractivity contribution is 0.282. The second-order valence-corrected chi connectivity index (χ2v) is 4.88. The van der Waals surface area contributed by atoms with Gasteiger partial charge in [0.25, 0.3) is 0 Å². The second kappa shape index (κ2) is 3.82. The van der Waals surface area contributed by atoms with E-state index in [0.29, 0.717) is 0 Å². The highest BCUT2D eigenvalue weighted by molar-refractivity contribution is 7.10. The van der Waals surface area contributed by atoms with E-state index in [-0.39, 0.29) is 0 Å². The molecule has 1 nitrogen and oxygen atoms in total. The van der Waals surface area contributed by atoms with Gasteiger partial charge >= 0.3 is 0 Å². The van der Waals surface area contributed by atoms with Crippen molar-refractivity contribution in [3.05, 3.63) is 33.5 Å². The highest BCUT2D eigenvalue weighted by Gasteiger charge is 2.16. The van der Waals surface area contributed by atoms with Gasteiger partial charge in [0.05, 0.1) is 0 Å². The van der Waals surface area contributed by atoms with Crippen LogP contribution in [0.1, 0.15) is 10.4 Å². The maximum absolute atomic E-state index is 5.78. The van der Waals surface area contributed by atoms with Crippen molar-refractivity contribution in [3.8, 4) is 0 Å². The molecule has 0 aromatic carbocycles. The summed E-state index contributed by atoms with van der Waals surface area (Å²) < 4.78 is 0. The summed E-state index contributed by atoms with van der Waals surface area (Å²) in [4.78, 5) is 3.88. The van der Waals surface area contributed by atoms with Crippen LogP contribution in [0.3, 0.4) is 0 Å². The molecule has 3 heteroatoms. The van der Waals surface area contributed by atoms with Crippen LogP contribution in [0.15, 0.2) is 23.1 Å². The normalized spacial score (nSPS) is 17.0. The van der Waals surface area contributed by atoms with Crippen molar-refractivity contribution < 1.29 is 0 Å². The highest BCUT2D eigenvalue weighted by Crippen LogP contribution is 2.24. The largest absolute Gasteiger partial charge is 0.294 e. The molecule has 13 heavy (non-hydrogen) atoms. The van der Waals surface area contributed by atoms with Gasteiger partial charge < -0.3 is 0 Å². The van der Waals surface area contributed by atoms with E-state index in [1.807, 2.05) is 11.3 Å². The Morgan fingerprint density at radius 2 is 2.54 bits per heavy atom. The van der Waals surface area contributed by atoms with Gasteiger partial charge in [0.2, 0.25) is 0 Å². The van der Waals surface area contributed by atoms with Gasteiger partial charge in [0.15, 0.2) is 0 Å². The number of hydrogen-bond donors (Lipinski definition) is 0. The summed E-state index contributed by atoms with van der Waals surface area (Å²) in [5, 5.41) is 2.91. The molecule has 0 bridgehead atoms. The van der Waals surface area contributed by atoms with Crippen molar-refractivity contribution in [2.24, 2.45) is 0 Å². The predicted octanol–water partition coefficient (Wildman–Crippen LogP) is 2.86. The molecule has 0 atom stereocenters. The van der Waals surface area contributed by atoms with Gasteiger partial charge in [-0.15, -0.1) is 11.3 Å². The standard InChI is InChI=1S/C10H12ClNS/c1-8(11)6-12-4-2-10-9(7-12)3-5-13-10/h3,5H,1-2,4,6-7H2. The van der Waals surface area contributed by atoms with Gasteiger partial charge in [-0.05, 0) is 23.4 Å². The minimum Gasteiger partial charge on any atom is -0.294 e. The van der Waals surface area contributed by atoms with E-state index in [1.54, 1.807) is 0 Å². The molecule has 0 unspecified atom stereocenters. The number of fused-ring (bicyclic) bond motifs is 1. The third-order valence-corrected chi connectivity index (χ3v) is 3.42. The highest BCUT2D eigenvalue weighted by atomic mass is 35.5. The minimum absolute atomic E-state index is 0.735. The van der Waals surface area contributed by atoms with E-state index in [4.69, 9.17) is 11.6 Å². The number of nitrogens with zero attached hydrogens (tertiary/aromatic N) is 1. The van der Waals surface area contributed by atoms with E-state index in [9.17, 15) is 0 Å². The van der Waals surface area contributed by atoms with Crippen LogP contribution in [0.25, 0.3) is 0 Å². The Balaban J connectivity index is 2.04. The van der Waals surface area contributed by atoms with Crippen LogP contribution in [0.2, 0.25) is 0 Å². The molecule has 0 spiro atoms. The summed E-state index contributed by atoms with van der Waals surface area (Å²) in [5.41, 5.74) is 1.47. The summed E-state index contributed by atoms with van der Waals surface area (Å²) in [7, 11) is 0. The van der Waals surface area contributed by atoms with Crippen LogP contribution in [-0.2, 0) is 13.0 Å². The zero-order chi connectivity index (χ0) is 9.26. The smallest absolute Gasteiger partial charge is 0.0339 e. The Kier molecular flexibility index (Phi) is 2.72. The fourth-order valence-corrected chi connectivity index (χ4v) is 2.74. The molecule has 0 fully saturated rings. The van der Waals surface area contributed by atoms with E-state index in [1.165, 1.54) is 10.4 Å². The van der Waals surface area contributed by atoms with E-state index < -0.39 is 0 Å². The van der Waals surface area contributed by atoms with E-state index in [2.05, 4.69) is 22.9 Å². The summed E-state index contributed by atoms with van der Waals surface area (Å²) in [5.74, 6) is 0. The lowest BCUT2D eigenvalue weighted by Gasteiger charge is -2.26. The van der Waals surface area contributed by atoms with Gasteiger partial charge in [-0.2, -0.15) is 0 Å². The molecule has 2 heterocycles. The van der Waals surface area contributed by atoms with Crippen LogP contribution < -0.4 is 0 Å². The summed E-state index contributed by atoms with van der Waals surface area (Å²) in [6.07, 6.45) is 1.16. The molecule has 2 rings (SSSR count). The first-order valence-electron chi connectivity index (χ1n) is 4.36. The molecule has 0 radical (unpaired) electrons. The van der Waals surface area contributed by atoms with Gasteiger partial charge in [0, 0.05) is 29.5 Å². The molecule has 1 aliphatic heterocycles. The van der Waals surface area contributed by atoms with Crippen molar-refractivity contribution in [3.63, 3.8) is 0 Å². The Hall–Kier alpha value is -0.310. The Morgan fingerprint density at radius 1 is 1.69 bits per heavy atom. The van der Waals surface area contributed by atoms with E-state index in [0.717, 1.165) is 31.1 Å². The molecule has 1 aliphatic rings. The molecule has 0 saturated heterocycles. The number of hydrogen-bond acceptors (Lipinski definition) is 2. The van der Waals surface area contributed by atoms with Crippen LogP contribution in [0.4, 0.5) is 0 Å². The molecule has 1 aromatic heterocycles. The van der Waals surface area contributed by atoms with Gasteiger partial charge in [-0.3, -0.25) is 4.90 Å². The van der Waals surface area contributed by atoms with Crippen molar-refractivity contribution in [1.82, 2.24) is 4.90 Å². The van der Waals surface area contributed by atoms with Crippen LogP contribution in [-0.4, -0.2) is 18.0 Å². The quantitative estimate of drug-likeness (QED) is 0.731. The fourth-order valence-electron chi connectivity index (χ4n) is 1.68. The number of rotatable bonds is 2. The molecule has 0 N–H and O–H groups in total. The van der Waals surface area contributed by atoms with Crippen molar-refractivity contribution >= 4 is 22.9 Å². The molecule has 70 valence electrons. The van der Waals surface area contributed by atoms with Crippen LogP contribution in [0, 0.1) is 0 Å². The molecule has 0 saturated carbocycles. The maximum atomic E-state index is 5.78. The van der Waals surface area contributed by atoms with Crippen molar-refractivity contribution in [2.75, 3.05) is 13.1 Å². The first kappa shape index (κ1) is 9.25. The Labute approximate surface area is 87.6 Å². The summed E-state index contributed by atoms with van der Waals surface area (Å²) in [6, 6.07) is 2.21. The zero-order valence-electron chi connectivity index (χ0n) is 7.42. The van der Waals surface area contributed by atoms with Crippen LogP contribution >= 0.6 is 22.9 Å². The van der Waals surface area contributed by atoms with Gasteiger partial charge in [-0.1, -0.05) is 18.2 Å². The third kappa shape index (κ3) is 2.13. The molecule has 1 aromatic rings. The van der Waals surface area contributed by atoms with Crippen LogP contribution in [0.5, 0.6) is 0 Å². The topological polar surface area (TPSA) is 3.24 Å². The molecular weight excluding hydrogens is 202 g/mol. The molecule has 0 aliphatic carbocycles. The molecular formula is C10H12ClNS.